The van der Waals surface area contributed by atoms with Gasteiger partial charge in [-0.25, -0.2) is 0 Å². The Hall–Kier alpha value is -1.67. The van der Waals surface area contributed by atoms with Gasteiger partial charge in [0.2, 0.25) is 0 Å². The molecule has 0 aliphatic heterocycles. The Morgan fingerprint density at radius 3 is 2.68 bits per heavy atom. The highest BCUT2D eigenvalue weighted by Crippen LogP contribution is 2.64. The minimum Gasteiger partial charge on any atom is -0.395 e. The van der Waals surface area contributed by atoms with E-state index in [0.29, 0.717) is 30.6 Å². The molecular weight excluding hydrogens is 386 g/mol. The van der Waals surface area contributed by atoms with E-state index in [1.165, 1.54) is 51.4 Å². The zero-order valence-corrected chi connectivity index (χ0v) is 18.9. The number of aliphatic hydroxyl groups is 1. The Balaban J connectivity index is 1.26. The number of carbonyl (C=O) groups is 1. The normalized spacial score (nSPS) is 41.4. The Kier molecular flexibility index (Phi) is 5.94. The maximum Gasteiger partial charge on any atom is 0.159 e. The molecule has 1 aromatic rings. The zero-order chi connectivity index (χ0) is 21.4. The van der Waals surface area contributed by atoms with Crippen LogP contribution in [0.5, 0.6) is 0 Å². The maximum atomic E-state index is 13.2. The molecule has 5 nitrogen and oxygen atoms in total. The lowest BCUT2D eigenvalue weighted by Crippen LogP contribution is -2.49. The standard InChI is InChI=1S/C26H37N3O2/c1-26-12-11-21-20-7-5-18(4-2-3-15-30)16-19(20)6-8-22(21)23(26)9-10-24(26)25(31)17-29-27-13-14-28-29/h13-14,18-24,30H,3,5-12,15-17H2,1H3. The van der Waals surface area contributed by atoms with E-state index in [1.807, 2.05) is 0 Å². The van der Waals surface area contributed by atoms with Gasteiger partial charge in [0.1, 0.15) is 6.54 Å². The van der Waals surface area contributed by atoms with Crippen molar-refractivity contribution >= 4 is 5.78 Å². The summed E-state index contributed by atoms with van der Waals surface area (Å²) in [5, 5.41) is 17.3. The molecule has 5 rings (SSSR count). The van der Waals surface area contributed by atoms with Crippen LogP contribution >= 0.6 is 0 Å². The second-order valence-electron chi connectivity index (χ2n) is 10.9. The second-order valence-corrected chi connectivity index (χ2v) is 10.9. The van der Waals surface area contributed by atoms with Crippen LogP contribution in [0.1, 0.15) is 71.1 Å². The SMILES string of the molecule is CC12CCC3C4CCC(C#CCCO)CC4CCC3C1CCC2C(=O)Cn1nccn1. The molecule has 1 heterocycles. The highest BCUT2D eigenvalue weighted by atomic mass is 16.2. The van der Waals surface area contributed by atoms with Gasteiger partial charge in [-0.1, -0.05) is 12.8 Å². The van der Waals surface area contributed by atoms with Gasteiger partial charge in [-0.05, 0) is 92.8 Å². The highest BCUT2D eigenvalue weighted by Gasteiger charge is 2.58. The molecule has 8 atom stereocenters. The fourth-order valence-corrected chi connectivity index (χ4v) is 8.36. The van der Waals surface area contributed by atoms with Crippen molar-refractivity contribution in [1.82, 2.24) is 15.0 Å². The van der Waals surface area contributed by atoms with Crippen molar-refractivity contribution in [2.45, 2.75) is 77.7 Å². The van der Waals surface area contributed by atoms with Gasteiger partial charge in [-0.3, -0.25) is 4.79 Å². The van der Waals surface area contributed by atoms with Crippen LogP contribution in [0.25, 0.3) is 0 Å². The molecule has 168 valence electrons. The van der Waals surface area contributed by atoms with Crippen LogP contribution in [0.3, 0.4) is 0 Å². The maximum absolute atomic E-state index is 13.2. The number of rotatable bonds is 4. The third-order valence-corrected chi connectivity index (χ3v) is 9.65. The number of fused-ring (bicyclic) bond motifs is 5. The average Bonchev–Trinajstić information content (AvgIpc) is 3.40. The van der Waals surface area contributed by atoms with Crippen molar-refractivity contribution in [3.63, 3.8) is 0 Å². The summed E-state index contributed by atoms with van der Waals surface area (Å²) < 4.78 is 0. The first-order valence-electron chi connectivity index (χ1n) is 12.6. The molecule has 5 heteroatoms. The summed E-state index contributed by atoms with van der Waals surface area (Å²) in [4.78, 5) is 14.7. The molecule has 4 aliphatic rings. The molecule has 31 heavy (non-hydrogen) atoms. The Labute approximate surface area is 186 Å². The Morgan fingerprint density at radius 1 is 1.06 bits per heavy atom. The monoisotopic (exact) mass is 423 g/mol. The van der Waals surface area contributed by atoms with E-state index < -0.39 is 0 Å². The largest absolute Gasteiger partial charge is 0.395 e. The van der Waals surface area contributed by atoms with Crippen LogP contribution in [-0.4, -0.2) is 32.5 Å². The van der Waals surface area contributed by atoms with Crippen LogP contribution in [0.4, 0.5) is 0 Å². The summed E-state index contributed by atoms with van der Waals surface area (Å²) in [6, 6.07) is 0. The molecule has 4 fully saturated rings. The first-order valence-corrected chi connectivity index (χ1v) is 12.6. The van der Waals surface area contributed by atoms with Crippen LogP contribution in [0.15, 0.2) is 12.4 Å². The van der Waals surface area contributed by atoms with E-state index in [4.69, 9.17) is 5.11 Å². The molecule has 0 bridgehead atoms. The lowest BCUT2D eigenvalue weighted by Gasteiger charge is -2.56. The quantitative estimate of drug-likeness (QED) is 0.740. The molecule has 0 spiro atoms. The van der Waals surface area contributed by atoms with Crippen LogP contribution < -0.4 is 0 Å². The molecule has 1 aromatic heterocycles. The topological polar surface area (TPSA) is 68.0 Å². The molecule has 4 saturated carbocycles. The molecule has 0 saturated heterocycles. The van der Waals surface area contributed by atoms with E-state index in [0.717, 1.165) is 30.1 Å². The highest BCUT2D eigenvalue weighted by molar-refractivity contribution is 5.81. The third-order valence-electron chi connectivity index (χ3n) is 9.65. The van der Waals surface area contributed by atoms with Gasteiger partial charge < -0.3 is 5.11 Å². The van der Waals surface area contributed by atoms with Crippen molar-refractivity contribution in [2.24, 2.45) is 46.8 Å². The second kappa shape index (κ2) is 8.70. The van der Waals surface area contributed by atoms with Crippen LogP contribution in [0, 0.1) is 58.7 Å². The van der Waals surface area contributed by atoms with E-state index in [9.17, 15) is 4.79 Å². The number of Topliss-reactive ketones (excluding diaryl/α,β-unsaturated/α-hetero) is 1. The number of ketones is 1. The fourth-order valence-electron chi connectivity index (χ4n) is 8.36. The predicted molar refractivity (Wildman–Crippen MR) is 119 cm³/mol. The molecule has 8 unspecified atom stereocenters. The zero-order valence-electron chi connectivity index (χ0n) is 18.9. The van der Waals surface area contributed by atoms with Gasteiger partial charge in [-0.15, -0.1) is 5.92 Å². The van der Waals surface area contributed by atoms with E-state index in [2.05, 4.69) is 29.0 Å². The number of aromatic nitrogens is 3. The number of hydrogen-bond acceptors (Lipinski definition) is 4. The average molecular weight is 424 g/mol. The van der Waals surface area contributed by atoms with Crippen LogP contribution in [-0.2, 0) is 11.3 Å². The number of hydrogen-bond donors (Lipinski definition) is 1. The lowest BCUT2D eigenvalue weighted by molar-refractivity contribution is -0.131. The fraction of sp³-hybridized carbons (Fsp3) is 0.808. The summed E-state index contributed by atoms with van der Waals surface area (Å²) in [5.74, 6) is 11.8. The van der Waals surface area contributed by atoms with Crippen molar-refractivity contribution < 1.29 is 9.90 Å². The number of nitrogens with zero attached hydrogens (tertiary/aromatic N) is 3. The predicted octanol–water partition coefficient (Wildman–Crippen LogP) is 4.12. The molecule has 4 aliphatic carbocycles. The van der Waals surface area contributed by atoms with Gasteiger partial charge in [0.05, 0.1) is 19.0 Å². The van der Waals surface area contributed by atoms with Gasteiger partial charge in [0.25, 0.3) is 0 Å². The summed E-state index contributed by atoms with van der Waals surface area (Å²) in [5.41, 5.74) is 0.172. The lowest BCUT2D eigenvalue weighted by atomic mass is 9.49. The summed E-state index contributed by atoms with van der Waals surface area (Å²) in [7, 11) is 0. The number of aliphatic hydroxyl groups excluding tert-OH is 1. The van der Waals surface area contributed by atoms with E-state index in [1.54, 1.807) is 17.2 Å². The Bertz CT molecular complexity index is 841. The third kappa shape index (κ3) is 3.86. The van der Waals surface area contributed by atoms with E-state index in [-0.39, 0.29) is 17.9 Å². The van der Waals surface area contributed by atoms with Gasteiger partial charge in [0.15, 0.2) is 5.78 Å². The van der Waals surface area contributed by atoms with Crippen molar-refractivity contribution in [3.05, 3.63) is 12.4 Å². The van der Waals surface area contributed by atoms with Crippen molar-refractivity contribution in [2.75, 3.05) is 6.61 Å². The molecule has 0 aromatic carbocycles. The Morgan fingerprint density at radius 2 is 1.87 bits per heavy atom. The van der Waals surface area contributed by atoms with Crippen LogP contribution in [0.2, 0.25) is 0 Å². The van der Waals surface area contributed by atoms with Gasteiger partial charge >= 0.3 is 0 Å². The van der Waals surface area contributed by atoms with Gasteiger partial charge in [-0.2, -0.15) is 15.0 Å². The first kappa shape index (κ1) is 21.2. The van der Waals surface area contributed by atoms with Gasteiger partial charge in [0, 0.05) is 18.3 Å². The molecular formula is C26H37N3O2. The smallest absolute Gasteiger partial charge is 0.159 e. The molecule has 1 N–H and O–H groups in total. The molecule has 0 radical (unpaired) electrons. The summed E-state index contributed by atoms with van der Waals surface area (Å²) in [6.07, 6.45) is 15.3. The first-order chi connectivity index (χ1) is 15.1. The molecule has 0 amide bonds. The minimum absolute atomic E-state index is 0.172. The summed E-state index contributed by atoms with van der Waals surface area (Å²) >= 11 is 0. The van der Waals surface area contributed by atoms with E-state index >= 15 is 0 Å². The van der Waals surface area contributed by atoms with Crippen molar-refractivity contribution in [1.29, 1.82) is 0 Å². The number of carbonyl (C=O) groups excluding carboxylic acids is 1. The summed E-state index contributed by atoms with van der Waals surface area (Å²) in [6.45, 7) is 2.94. The minimum atomic E-state index is 0.172. The van der Waals surface area contributed by atoms with Crippen molar-refractivity contribution in [3.8, 4) is 11.8 Å².